The molecule has 3 aromatic rings. The van der Waals surface area contributed by atoms with E-state index in [9.17, 15) is 19.0 Å². The predicted molar refractivity (Wildman–Crippen MR) is 110 cm³/mol. The van der Waals surface area contributed by atoms with Crippen LogP contribution in [0.3, 0.4) is 0 Å². The zero-order chi connectivity index (χ0) is 19.2. The first-order valence-electron chi connectivity index (χ1n) is 8.12. The van der Waals surface area contributed by atoms with E-state index in [1.165, 1.54) is 0 Å². The molecule has 0 aliphatic carbocycles. The van der Waals surface area contributed by atoms with E-state index in [4.69, 9.17) is 0 Å². The Balaban J connectivity index is 1.92. The Morgan fingerprint density at radius 2 is 2.07 bits per heavy atom. The van der Waals surface area contributed by atoms with E-state index in [0.717, 1.165) is 11.3 Å². The number of hydrogen-bond acceptors (Lipinski definition) is 7. The van der Waals surface area contributed by atoms with Gasteiger partial charge in [0.15, 0.2) is 10.9 Å². The summed E-state index contributed by atoms with van der Waals surface area (Å²) < 4.78 is 27.1. The maximum absolute atomic E-state index is 13.1. The van der Waals surface area contributed by atoms with Gasteiger partial charge in [0, 0.05) is 12.6 Å². The fourth-order valence-corrected chi connectivity index (χ4v) is 5.03. The molecule has 4 N–H and O–H groups in total. The monoisotopic (exact) mass is 403 g/mol. The van der Waals surface area contributed by atoms with E-state index in [2.05, 4.69) is 16.3 Å². The maximum atomic E-state index is 13.1. The Kier molecular flexibility index (Phi) is 4.31. The molecular formula is C18H17N3O4S2. The van der Waals surface area contributed by atoms with Crippen LogP contribution in [0, 0.1) is 0 Å². The number of nitrogens with zero attached hydrogens (tertiary/aromatic N) is 2. The number of thiophene rings is 1. The highest BCUT2D eigenvalue weighted by atomic mass is 32.3. The molecule has 0 radical (unpaired) electrons. The highest BCUT2D eigenvalue weighted by Gasteiger charge is 2.28. The summed E-state index contributed by atoms with van der Waals surface area (Å²) in [6.07, 6.45) is 2.29. The van der Waals surface area contributed by atoms with Crippen molar-refractivity contribution in [3.05, 3.63) is 65.0 Å². The normalized spacial score (nSPS) is 16.3. The molecule has 3 heterocycles. The first kappa shape index (κ1) is 17.8. The minimum Gasteiger partial charge on any atom is -0.499 e. The number of nitrogens with one attached hydrogen (secondary N) is 1. The van der Waals surface area contributed by atoms with E-state index in [-0.39, 0.29) is 26.9 Å². The fourth-order valence-electron chi connectivity index (χ4n) is 3.01. The molecule has 0 unspecified atom stereocenters. The molecule has 27 heavy (non-hydrogen) atoms. The average molecular weight is 403 g/mol. The summed E-state index contributed by atoms with van der Waals surface area (Å²) in [6, 6.07) is 9.89. The second-order valence-corrected chi connectivity index (χ2v) is 8.73. The van der Waals surface area contributed by atoms with E-state index in [0.29, 0.717) is 28.9 Å². The number of fused-ring (bicyclic) bond motifs is 2. The first-order chi connectivity index (χ1) is 12.9. The Morgan fingerprint density at radius 1 is 1.30 bits per heavy atom. The number of allylic oxidation sites excluding steroid dienone is 1. The largest absolute Gasteiger partial charge is 0.499 e. The van der Waals surface area contributed by atoms with Crippen LogP contribution >= 0.6 is 22.1 Å². The Morgan fingerprint density at radius 3 is 2.85 bits per heavy atom. The van der Waals surface area contributed by atoms with E-state index < -0.39 is 10.8 Å². The number of anilines is 1. The van der Waals surface area contributed by atoms with Gasteiger partial charge in [-0.1, -0.05) is 40.3 Å². The number of rotatable bonds is 4. The molecule has 0 amide bonds. The predicted octanol–water partition coefficient (Wildman–Crippen LogP) is 4.24. The van der Waals surface area contributed by atoms with Crippen LogP contribution in [0.25, 0.3) is 10.2 Å². The highest BCUT2D eigenvalue weighted by Crippen LogP contribution is 2.55. The van der Waals surface area contributed by atoms with Gasteiger partial charge in [-0.2, -0.15) is 0 Å². The molecule has 0 atom stereocenters. The molecule has 0 fully saturated rings. The zero-order valence-electron chi connectivity index (χ0n) is 14.1. The third-order valence-corrected chi connectivity index (χ3v) is 6.49. The van der Waals surface area contributed by atoms with Crippen LogP contribution in [0.4, 0.5) is 5.69 Å². The number of amidine groups is 1. The van der Waals surface area contributed by atoms with Gasteiger partial charge in [0.2, 0.25) is 0 Å². The van der Waals surface area contributed by atoms with Gasteiger partial charge in [-0.25, -0.2) is 0 Å². The van der Waals surface area contributed by atoms with Gasteiger partial charge in [0.25, 0.3) is 5.56 Å². The Bertz CT molecular complexity index is 1150. The van der Waals surface area contributed by atoms with Gasteiger partial charge < -0.3 is 15.0 Å². The molecule has 1 aliphatic rings. The second kappa shape index (κ2) is 6.54. The van der Waals surface area contributed by atoms with Crippen molar-refractivity contribution < 1.29 is 14.2 Å². The lowest BCUT2D eigenvalue weighted by Crippen LogP contribution is -2.31. The van der Waals surface area contributed by atoms with Crippen LogP contribution in [0.2, 0.25) is 0 Å². The number of aromatic hydroxyl groups is 1. The summed E-state index contributed by atoms with van der Waals surface area (Å²) in [5.41, 5.74) is 0.996. The van der Waals surface area contributed by atoms with Crippen LogP contribution in [-0.2, 0) is 6.54 Å². The maximum Gasteiger partial charge on any atom is 0.262 e. The van der Waals surface area contributed by atoms with Gasteiger partial charge in [0.1, 0.15) is 4.90 Å². The van der Waals surface area contributed by atoms with Gasteiger partial charge in [-0.15, -0.1) is 11.0 Å². The third-order valence-electron chi connectivity index (χ3n) is 4.23. The SMILES string of the molecule is C=CCCn1c(=O)c(C2=NS(O)(O)c3ccccc3N2)cc2sc(O)cc21. The van der Waals surface area contributed by atoms with Crippen LogP contribution in [0.1, 0.15) is 12.0 Å². The van der Waals surface area contributed by atoms with Crippen molar-refractivity contribution in [2.24, 2.45) is 4.40 Å². The summed E-state index contributed by atoms with van der Waals surface area (Å²) >= 11 is 1.14. The number of para-hydroxylation sites is 1. The van der Waals surface area contributed by atoms with Gasteiger partial charge >= 0.3 is 0 Å². The average Bonchev–Trinajstić information content (AvgIpc) is 3.00. The van der Waals surface area contributed by atoms with Crippen molar-refractivity contribution in [1.82, 2.24) is 4.57 Å². The van der Waals surface area contributed by atoms with Crippen molar-refractivity contribution in [2.75, 3.05) is 5.32 Å². The molecule has 4 rings (SSSR count). The molecule has 0 saturated heterocycles. The summed E-state index contributed by atoms with van der Waals surface area (Å²) in [6.45, 7) is 4.08. The van der Waals surface area contributed by atoms with Crippen molar-refractivity contribution in [2.45, 2.75) is 17.9 Å². The number of pyridine rings is 1. The lowest BCUT2D eigenvalue weighted by molar-refractivity contribution is 0.489. The molecule has 2 aromatic heterocycles. The quantitative estimate of drug-likeness (QED) is 0.488. The van der Waals surface area contributed by atoms with Gasteiger partial charge in [0.05, 0.1) is 21.5 Å². The minimum absolute atomic E-state index is 0.0980. The van der Waals surface area contributed by atoms with E-state index in [1.54, 1.807) is 47.0 Å². The summed E-state index contributed by atoms with van der Waals surface area (Å²) in [5.74, 6) is 0.0980. The highest BCUT2D eigenvalue weighted by molar-refractivity contribution is 8.23. The smallest absolute Gasteiger partial charge is 0.262 e. The van der Waals surface area contributed by atoms with Crippen molar-refractivity contribution in [3.63, 3.8) is 0 Å². The molecule has 9 heteroatoms. The lowest BCUT2D eigenvalue weighted by atomic mass is 10.2. The summed E-state index contributed by atoms with van der Waals surface area (Å²) in [7, 11) is -3.42. The van der Waals surface area contributed by atoms with Crippen LogP contribution < -0.4 is 10.9 Å². The number of aromatic nitrogens is 1. The Hall–Kier alpha value is -2.59. The topological polar surface area (TPSA) is 107 Å². The zero-order valence-corrected chi connectivity index (χ0v) is 15.8. The van der Waals surface area contributed by atoms with Crippen molar-refractivity contribution in [3.8, 4) is 5.06 Å². The number of benzene rings is 1. The summed E-state index contributed by atoms with van der Waals surface area (Å²) in [5, 5.41) is 13.0. The molecule has 0 saturated carbocycles. The van der Waals surface area contributed by atoms with E-state index in [1.807, 2.05) is 0 Å². The molecule has 1 aromatic carbocycles. The first-order valence-corrected chi connectivity index (χ1v) is 10.4. The molecule has 1 aliphatic heterocycles. The molecule has 0 spiro atoms. The number of aryl methyl sites for hydroxylation is 1. The van der Waals surface area contributed by atoms with Gasteiger partial charge in [-0.3, -0.25) is 13.9 Å². The lowest BCUT2D eigenvalue weighted by Gasteiger charge is -2.34. The van der Waals surface area contributed by atoms with Crippen LogP contribution in [0.15, 0.2) is 63.1 Å². The molecule has 0 bridgehead atoms. The third kappa shape index (κ3) is 3.04. The Labute approximate surface area is 160 Å². The second-order valence-electron chi connectivity index (χ2n) is 6.01. The van der Waals surface area contributed by atoms with E-state index >= 15 is 0 Å². The standard InChI is InChI=1S/C18H17N3O4S2/c1-2-3-8-21-13-10-16(22)26-14(13)9-11(18(21)23)17-19-12-6-4-5-7-15(12)27(24,25)20-17/h2,4-7,9-10,22,24-25H,1,3,8H2,(H,19,20). The van der Waals surface area contributed by atoms with Crippen LogP contribution in [-0.4, -0.2) is 24.6 Å². The molecule has 7 nitrogen and oxygen atoms in total. The molecular weight excluding hydrogens is 386 g/mol. The fraction of sp³-hybridized carbons (Fsp3) is 0.111. The van der Waals surface area contributed by atoms with Gasteiger partial charge in [-0.05, 0) is 24.6 Å². The number of hydrogen-bond donors (Lipinski definition) is 4. The molecule has 140 valence electrons. The summed E-state index contributed by atoms with van der Waals surface area (Å²) in [4.78, 5) is 13.4. The van der Waals surface area contributed by atoms with Crippen molar-refractivity contribution in [1.29, 1.82) is 0 Å². The minimum atomic E-state index is -3.42. The van der Waals surface area contributed by atoms with Crippen LogP contribution in [0.5, 0.6) is 5.06 Å². The van der Waals surface area contributed by atoms with Crippen molar-refractivity contribution >= 4 is 43.9 Å².